The fourth-order valence-corrected chi connectivity index (χ4v) is 4.18. The number of nitrogens with one attached hydrogen (secondary N) is 1. The molecule has 0 aliphatic carbocycles. The van der Waals surface area contributed by atoms with E-state index in [0.29, 0.717) is 45.8 Å². The number of halogens is 2. The van der Waals surface area contributed by atoms with E-state index in [1.54, 1.807) is 36.1 Å². The summed E-state index contributed by atoms with van der Waals surface area (Å²) < 4.78 is 16.1. The minimum absolute atomic E-state index is 0.167. The van der Waals surface area contributed by atoms with E-state index in [1.807, 2.05) is 13.0 Å². The molecule has 9 heteroatoms. The summed E-state index contributed by atoms with van der Waals surface area (Å²) in [6.07, 6.45) is -0.0442. The molecule has 1 aliphatic heterocycles. The van der Waals surface area contributed by atoms with Crippen LogP contribution in [-0.4, -0.2) is 38.9 Å². The number of nitrogens with zero attached hydrogens (tertiary/aromatic N) is 1. The van der Waals surface area contributed by atoms with Gasteiger partial charge >= 0.3 is 6.09 Å². The van der Waals surface area contributed by atoms with Crippen molar-refractivity contribution in [3.05, 3.63) is 51.5 Å². The maximum Gasteiger partial charge on any atom is 0.414 e. The Morgan fingerprint density at radius 2 is 1.78 bits per heavy atom. The van der Waals surface area contributed by atoms with Crippen molar-refractivity contribution < 1.29 is 23.8 Å². The molecule has 0 saturated carbocycles. The predicted octanol–water partition coefficient (Wildman–Crippen LogP) is 5.17. The van der Waals surface area contributed by atoms with Gasteiger partial charge in [-0.15, -0.1) is 0 Å². The molecule has 1 N–H and O–H groups in total. The molecule has 0 bridgehead atoms. The maximum absolute atomic E-state index is 13.2. The third-order valence-electron chi connectivity index (χ3n) is 5.42. The van der Waals surface area contributed by atoms with E-state index in [4.69, 9.17) is 37.4 Å². The zero-order valence-electron chi connectivity index (χ0n) is 18.4. The van der Waals surface area contributed by atoms with Gasteiger partial charge in [-0.25, -0.2) is 4.79 Å². The lowest BCUT2D eigenvalue weighted by Gasteiger charge is -2.38. The molecule has 2 unspecified atom stereocenters. The Balaban J connectivity index is 1.94. The van der Waals surface area contributed by atoms with Gasteiger partial charge in [0.05, 0.1) is 42.5 Å². The van der Waals surface area contributed by atoms with Crippen LogP contribution in [0.2, 0.25) is 10.0 Å². The second-order valence-corrected chi connectivity index (χ2v) is 8.25. The number of amides is 2. The minimum atomic E-state index is -0.492. The average molecular weight is 481 g/mol. The normalized spacial score (nSPS) is 17.4. The number of methoxy groups -OCH3 is 2. The third-order valence-corrected chi connectivity index (χ3v) is 6.16. The van der Waals surface area contributed by atoms with Crippen molar-refractivity contribution in [1.82, 2.24) is 5.32 Å². The molecule has 32 heavy (non-hydrogen) atoms. The standard InChI is InChI=1S/C23H26Cl2N2O5/c1-5-32-23(29)27-13(2)8-16(15-10-20(30-3)21(31-4)11-19(15)27)22(28)26-12-14-6-7-17(24)18(25)9-14/h6-7,9-11,13,16H,5,8,12H2,1-4H3,(H,26,28). The van der Waals surface area contributed by atoms with Crippen molar-refractivity contribution in [1.29, 1.82) is 0 Å². The Bertz CT molecular complexity index is 1010. The minimum Gasteiger partial charge on any atom is -0.493 e. The number of anilines is 1. The van der Waals surface area contributed by atoms with Gasteiger partial charge in [0.2, 0.25) is 5.91 Å². The molecule has 1 aliphatic rings. The van der Waals surface area contributed by atoms with Crippen LogP contribution < -0.4 is 19.7 Å². The Hall–Kier alpha value is -2.64. The van der Waals surface area contributed by atoms with Gasteiger partial charge in [-0.3, -0.25) is 9.69 Å². The number of fused-ring (bicyclic) bond motifs is 1. The first-order chi connectivity index (χ1) is 15.3. The van der Waals surface area contributed by atoms with E-state index >= 15 is 0 Å². The number of carbonyl (C=O) groups is 2. The summed E-state index contributed by atoms with van der Waals surface area (Å²) in [5, 5.41) is 3.85. The first-order valence-corrected chi connectivity index (χ1v) is 11.0. The molecule has 1 heterocycles. The first-order valence-electron chi connectivity index (χ1n) is 10.2. The van der Waals surface area contributed by atoms with Gasteiger partial charge in [0.15, 0.2) is 11.5 Å². The maximum atomic E-state index is 13.2. The van der Waals surface area contributed by atoms with Gasteiger partial charge in [0.1, 0.15) is 0 Å². The number of carbonyl (C=O) groups excluding carboxylic acids is 2. The van der Waals surface area contributed by atoms with Crippen LogP contribution >= 0.6 is 23.2 Å². The molecule has 172 valence electrons. The summed E-state index contributed by atoms with van der Waals surface area (Å²) in [4.78, 5) is 27.4. The molecule has 0 saturated heterocycles. The summed E-state index contributed by atoms with van der Waals surface area (Å²) in [5.41, 5.74) is 2.06. The molecular weight excluding hydrogens is 455 g/mol. The van der Waals surface area contributed by atoms with Crippen LogP contribution in [0.1, 0.15) is 37.3 Å². The van der Waals surface area contributed by atoms with Crippen LogP contribution in [0.15, 0.2) is 30.3 Å². The van der Waals surface area contributed by atoms with Crippen molar-refractivity contribution in [3.8, 4) is 11.5 Å². The monoisotopic (exact) mass is 480 g/mol. The Kier molecular flexibility index (Phi) is 7.74. The highest BCUT2D eigenvalue weighted by atomic mass is 35.5. The lowest BCUT2D eigenvalue weighted by molar-refractivity contribution is -0.123. The topological polar surface area (TPSA) is 77.1 Å². The van der Waals surface area contributed by atoms with Crippen LogP contribution in [0.25, 0.3) is 0 Å². The second kappa shape index (κ2) is 10.3. The molecule has 0 spiro atoms. The first kappa shape index (κ1) is 24.0. The molecule has 3 rings (SSSR count). The van der Waals surface area contributed by atoms with E-state index < -0.39 is 12.0 Å². The molecule has 0 radical (unpaired) electrons. The molecular formula is C23H26Cl2N2O5. The van der Waals surface area contributed by atoms with Crippen LogP contribution in [0.3, 0.4) is 0 Å². The van der Waals surface area contributed by atoms with Gasteiger partial charge in [-0.05, 0) is 49.6 Å². The predicted molar refractivity (Wildman–Crippen MR) is 124 cm³/mol. The summed E-state index contributed by atoms with van der Waals surface area (Å²) >= 11 is 12.0. The van der Waals surface area contributed by atoms with Crippen molar-refractivity contribution in [2.75, 3.05) is 25.7 Å². The Labute approximate surface area is 197 Å². The van der Waals surface area contributed by atoms with Gasteiger partial charge < -0.3 is 19.5 Å². The van der Waals surface area contributed by atoms with Crippen LogP contribution in [0, 0.1) is 0 Å². The third kappa shape index (κ3) is 4.89. The SMILES string of the molecule is CCOC(=O)N1c2cc(OC)c(OC)cc2C(C(=O)NCc2ccc(Cl)c(Cl)c2)CC1C. The van der Waals surface area contributed by atoms with Gasteiger partial charge in [0.25, 0.3) is 0 Å². The van der Waals surface area contributed by atoms with Gasteiger partial charge in [-0.1, -0.05) is 29.3 Å². The molecule has 2 amide bonds. The van der Waals surface area contributed by atoms with Crippen molar-refractivity contribution in [2.45, 2.75) is 38.8 Å². The lowest BCUT2D eigenvalue weighted by atomic mass is 9.85. The Morgan fingerprint density at radius 1 is 1.09 bits per heavy atom. The number of benzene rings is 2. The molecule has 0 fully saturated rings. The molecule has 0 aromatic heterocycles. The van der Waals surface area contributed by atoms with Crippen LogP contribution in [0.5, 0.6) is 11.5 Å². The molecule has 2 aromatic carbocycles. The molecule has 2 aromatic rings. The highest BCUT2D eigenvalue weighted by molar-refractivity contribution is 6.42. The average Bonchev–Trinajstić information content (AvgIpc) is 2.78. The number of rotatable bonds is 6. The number of ether oxygens (including phenoxy) is 3. The van der Waals surface area contributed by atoms with Crippen molar-refractivity contribution >= 4 is 40.9 Å². The van der Waals surface area contributed by atoms with Gasteiger partial charge in [0, 0.05) is 18.7 Å². The summed E-state index contributed by atoms with van der Waals surface area (Å²) in [7, 11) is 3.05. The zero-order valence-corrected chi connectivity index (χ0v) is 19.9. The van der Waals surface area contributed by atoms with E-state index in [1.165, 1.54) is 14.2 Å². The zero-order chi connectivity index (χ0) is 23.4. The van der Waals surface area contributed by atoms with E-state index in [-0.39, 0.29) is 18.6 Å². The summed E-state index contributed by atoms with van der Waals surface area (Å²) in [5.74, 6) is 0.282. The van der Waals surface area contributed by atoms with Crippen LogP contribution in [-0.2, 0) is 16.1 Å². The van der Waals surface area contributed by atoms with Gasteiger partial charge in [-0.2, -0.15) is 0 Å². The van der Waals surface area contributed by atoms with Crippen molar-refractivity contribution in [3.63, 3.8) is 0 Å². The number of hydrogen-bond donors (Lipinski definition) is 1. The number of hydrogen-bond acceptors (Lipinski definition) is 5. The van der Waals surface area contributed by atoms with Crippen molar-refractivity contribution in [2.24, 2.45) is 0 Å². The summed E-state index contributed by atoms with van der Waals surface area (Å²) in [6.45, 7) is 4.18. The second-order valence-electron chi connectivity index (χ2n) is 7.44. The van der Waals surface area contributed by atoms with Crippen LogP contribution in [0.4, 0.5) is 10.5 Å². The quantitative estimate of drug-likeness (QED) is 0.617. The lowest BCUT2D eigenvalue weighted by Crippen LogP contribution is -2.46. The molecule has 2 atom stereocenters. The van der Waals surface area contributed by atoms with E-state index in [0.717, 1.165) is 5.56 Å². The highest BCUT2D eigenvalue weighted by Gasteiger charge is 2.39. The smallest absolute Gasteiger partial charge is 0.414 e. The van der Waals surface area contributed by atoms with E-state index in [9.17, 15) is 9.59 Å². The summed E-state index contributed by atoms with van der Waals surface area (Å²) in [6, 6.07) is 8.41. The fourth-order valence-electron chi connectivity index (χ4n) is 3.86. The van der Waals surface area contributed by atoms with E-state index in [2.05, 4.69) is 5.32 Å². The molecule has 7 nitrogen and oxygen atoms in total. The largest absolute Gasteiger partial charge is 0.493 e. The fraction of sp³-hybridized carbons (Fsp3) is 0.391. The Morgan fingerprint density at radius 3 is 2.41 bits per heavy atom. The highest BCUT2D eigenvalue weighted by Crippen LogP contribution is 2.44.